The summed E-state index contributed by atoms with van der Waals surface area (Å²) in [7, 11) is 0. The normalized spacial score (nSPS) is 20.6. The Morgan fingerprint density at radius 1 is 1.29 bits per heavy atom. The van der Waals surface area contributed by atoms with Gasteiger partial charge in [-0.2, -0.15) is 0 Å². The van der Waals surface area contributed by atoms with Crippen molar-refractivity contribution in [3.63, 3.8) is 0 Å². The van der Waals surface area contributed by atoms with E-state index < -0.39 is 35.7 Å². The molecule has 0 unspecified atom stereocenters. The molecule has 2 aromatic rings. The molecule has 0 radical (unpaired) electrons. The highest BCUT2D eigenvalue weighted by molar-refractivity contribution is 6.10. The highest BCUT2D eigenvalue weighted by Crippen LogP contribution is 2.40. The van der Waals surface area contributed by atoms with Gasteiger partial charge in [-0.15, -0.1) is 0 Å². The van der Waals surface area contributed by atoms with Crippen LogP contribution in [0.2, 0.25) is 0 Å². The Hall–Kier alpha value is -3.42. The lowest BCUT2D eigenvalue weighted by Crippen LogP contribution is -2.48. The molecule has 2 aromatic carbocycles. The van der Waals surface area contributed by atoms with Gasteiger partial charge in [-0.25, -0.2) is 9.18 Å². The molecule has 8 heteroatoms. The molecule has 2 aliphatic rings. The maximum atomic E-state index is 13.9. The van der Waals surface area contributed by atoms with E-state index in [2.05, 4.69) is 10.6 Å². The molecule has 1 spiro atoms. The first-order valence-corrected chi connectivity index (χ1v) is 8.83. The molecule has 2 heterocycles. The van der Waals surface area contributed by atoms with Crippen LogP contribution in [0.1, 0.15) is 17.5 Å². The second kappa shape index (κ2) is 6.63. The predicted octanol–water partition coefficient (Wildman–Crippen LogP) is 2.30. The number of imide groups is 1. The van der Waals surface area contributed by atoms with Gasteiger partial charge in [-0.3, -0.25) is 14.5 Å². The number of rotatable bonds is 3. The summed E-state index contributed by atoms with van der Waals surface area (Å²) in [6.45, 7) is 1.48. The van der Waals surface area contributed by atoms with Crippen LogP contribution < -0.4 is 15.4 Å². The Kier molecular flexibility index (Phi) is 4.26. The topological polar surface area (TPSA) is 87.7 Å². The minimum Gasteiger partial charge on any atom is -0.493 e. The number of carbonyl (C=O) groups excluding carboxylic acids is 3. The zero-order valence-electron chi connectivity index (χ0n) is 15.1. The maximum absolute atomic E-state index is 13.9. The quantitative estimate of drug-likeness (QED) is 0.797. The van der Waals surface area contributed by atoms with Crippen LogP contribution in [0.3, 0.4) is 0 Å². The summed E-state index contributed by atoms with van der Waals surface area (Å²) in [4.78, 5) is 38.7. The number of urea groups is 1. The number of benzene rings is 2. The third kappa shape index (κ3) is 2.87. The van der Waals surface area contributed by atoms with Gasteiger partial charge in [0.05, 0.1) is 12.3 Å². The number of amides is 4. The summed E-state index contributed by atoms with van der Waals surface area (Å²) >= 11 is 0. The van der Waals surface area contributed by atoms with Crippen LogP contribution in [0.15, 0.2) is 42.5 Å². The largest absolute Gasteiger partial charge is 0.493 e. The summed E-state index contributed by atoms with van der Waals surface area (Å²) in [6.07, 6.45) is 0.263. The second-order valence-electron chi connectivity index (χ2n) is 6.85. The van der Waals surface area contributed by atoms with Crippen LogP contribution in [-0.2, 0) is 15.1 Å². The molecule has 4 amide bonds. The van der Waals surface area contributed by atoms with Crippen molar-refractivity contribution >= 4 is 23.5 Å². The minimum atomic E-state index is -1.25. The van der Waals surface area contributed by atoms with E-state index in [1.807, 2.05) is 0 Å². The number of anilines is 1. The molecule has 0 aromatic heterocycles. The first-order valence-electron chi connectivity index (χ1n) is 8.83. The standard InChI is InChI=1S/C20H18FN3O4/c1-12-6-7-15(14(21)10-12)22-17(25)11-24-18(26)20(23-19(24)27)8-9-28-16-5-3-2-4-13(16)20/h2-7,10H,8-9,11H2,1H3,(H,22,25)(H,23,27)/t20-/m1/s1. The number of ether oxygens (including phenoxy) is 1. The zero-order chi connectivity index (χ0) is 19.9. The third-order valence-electron chi connectivity index (χ3n) is 4.96. The number of aryl methyl sites for hydroxylation is 1. The van der Waals surface area contributed by atoms with Crippen LogP contribution in [0.25, 0.3) is 0 Å². The monoisotopic (exact) mass is 383 g/mol. The number of fused-ring (bicyclic) bond motifs is 2. The van der Waals surface area contributed by atoms with Crippen molar-refractivity contribution in [3.8, 4) is 5.75 Å². The summed E-state index contributed by atoms with van der Waals surface area (Å²) in [6, 6.07) is 10.7. The van der Waals surface area contributed by atoms with Gasteiger partial charge in [0.15, 0.2) is 5.54 Å². The van der Waals surface area contributed by atoms with Gasteiger partial charge in [0.1, 0.15) is 18.1 Å². The molecule has 144 valence electrons. The second-order valence-corrected chi connectivity index (χ2v) is 6.85. The van der Waals surface area contributed by atoms with Gasteiger partial charge in [0, 0.05) is 12.0 Å². The van der Waals surface area contributed by atoms with E-state index in [4.69, 9.17) is 4.74 Å². The number of halogens is 1. The van der Waals surface area contributed by atoms with Crippen molar-refractivity contribution in [3.05, 3.63) is 59.4 Å². The lowest BCUT2D eigenvalue weighted by atomic mass is 9.84. The van der Waals surface area contributed by atoms with Gasteiger partial charge in [0.25, 0.3) is 5.91 Å². The Labute approximate surface area is 160 Å². The Balaban J connectivity index is 1.55. The third-order valence-corrected chi connectivity index (χ3v) is 4.96. The Morgan fingerprint density at radius 2 is 2.07 bits per heavy atom. The molecule has 1 saturated heterocycles. The first-order chi connectivity index (χ1) is 13.4. The SMILES string of the molecule is Cc1ccc(NC(=O)CN2C(=O)N[C@@]3(CCOc4ccccc43)C2=O)c(F)c1. The fourth-order valence-corrected chi connectivity index (χ4v) is 3.57. The molecule has 0 saturated carbocycles. The molecule has 1 fully saturated rings. The van der Waals surface area contributed by atoms with Crippen molar-refractivity contribution in [1.82, 2.24) is 10.2 Å². The van der Waals surface area contributed by atoms with E-state index in [0.29, 0.717) is 16.9 Å². The molecule has 0 bridgehead atoms. The van der Waals surface area contributed by atoms with Gasteiger partial charge >= 0.3 is 6.03 Å². The minimum absolute atomic E-state index is 0.00576. The van der Waals surface area contributed by atoms with Crippen LogP contribution >= 0.6 is 0 Å². The van der Waals surface area contributed by atoms with Gasteiger partial charge in [-0.1, -0.05) is 24.3 Å². The summed E-state index contributed by atoms with van der Waals surface area (Å²) in [5.74, 6) is -1.24. The lowest BCUT2D eigenvalue weighted by Gasteiger charge is -2.33. The van der Waals surface area contributed by atoms with E-state index in [9.17, 15) is 18.8 Å². The van der Waals surface area contributed by atoms with Crippen molar-refractivity contribution in [1.29, 1.82) is 0 Å². The number of nitrogens with zero attached hydrogens (tertiary/aromatic N) is 1. The van der Waals surface area contributed by atoms with E-state index in [1.54, 1.807) is 37.3 Å². The highest BCUT2D eigenvalue weighted by Gasteiger charge is 2.55. The number of hydrogen-bond acceptors (Lipinski definition) is 4. The van der Waals surface area contributed by atoms with Crippen LogP contribution in [0, 0.1) is 12.7 Å². The summed E-state index contributed by atoms with van der Waals surface area (Å²) in [5.41, 5.74) is 0.0204. The molecular weight excluding hydrogens is 365 g/mol. The van der Waals surface area contributed by atoms with Gasteiger partial charge in [-0.05, 0) is 30.7 Å². The highest BCUT2D eigenvalue weighted by atomic mass is 19.1. The summed E-state index contributed by atoms with van der Waals surface area (Å²) < 4.78 is 19.5. The molecular formula is C20H18FN3O4. The van der Waals surface area contributed by atoms with Crippen LogP contribution in [0.5, 0.6) is 5.75 Å². The zero-order valence-corrected chi connectivity index (χ0v) is 15.1. The van der Waals surface area contributed by atoms with Gasteiger partial charge in [0.2, 0.25) is 5.91 Å². The van der Waals surface area contributed by atoms with Gasteiger partial charge < -0.3 is 15.4 Å². The summed E-state index contributed by atoms with van der Waals surface area (Å²) in [5, 5.41) is 5.12. The van der Waals surface area contributed by atoms with Crippen molar-refractivity contribution in [2.24, 2.45) is 0 Å². The molecule has 4 rings (SSSR count). The average Bonchev–Trinajstić information content (AvgIpc) is 2.89. The number of hydrogen-bond donors (Lipinski definition) is 2. The average molecular weight is 383 g/mol. The van der Waals surface area contributed by atoms with Crippen molar-refractivity contribution < 1.29 is 23.5 Å². The van der Waals surface area contributed by atoms with E-state index in [-0.39, 0.29) is 18.7 Å². The first kappa shape index (κ1) is 18.0. The van der Waals surface area contributed by atoms with Crippen molar-refractivity contribution in [2.75, 3.05) is 18.5 Å². The Bertz CT molecular complexity index is 993. The Morgan fingerprint density at radius 3 is 2.86 bits per heavy atom. The van der Waals surface area contributed by atoms with E-state index >= 15 is 0 Å². The van der Waals surface area contributed by atoms with E-state index in [0.717, 1.165) is 4.90 Å². The van der Waals surface area contributed by atoms with Crippen LogP contribution in [0.4, 0.5) is 14.9 Å². The smallest absolute Gasteiger partial charge is 0.325 e. The van der Waals surface area contributed by atoms with Crippen molar-refractivity contribution in [2.45, 2.75) is 18.9 Å². The molecule has 0 aliphatic carbocycles. The molecule has 2 N–H and O–H groups in total. The number of para-hydroxylation sites is 1. The lowest BCUT2D eigenvalue weighted by molar-refractivity contribution is -0.135. The fraction of sp³-hybridized carbons (Fsp3) is 0.250. The molecule has 1 atom stereocenters. The number of nitrogens with one attached hydrogen (secondary N) is 2. The molecule has 2 aliphatic heterocycles. The predicted molar refractivity (Wildman–Crippen MR) is 98.2 cm³/mol. The number of carbonyl (C=O) groups is 3. The fourth-order valence-electron chi connectivity index (χ4n) is 3.57. The van der Waals surface area contributed by atoms with Crippen LogP contribution in [-0.4, -0.2) is 35.9 Å². The maximum Gasteiger partial charge on any atom is 0.325 e. The molecule has 7 nitrogen and oxygen atoms in total. The molecule has 28 heavy (non-hydrogen) atoms. The van der Waals surface area contributed by atoms with E-state index in [1.165, 1.54) is 12.1 Å².